The van der Waals surface area contributed by atoms with Gasteiger partial charge in [0.25, 0.3) is 0 Å². The van der Waals surface area contributed by atoms with E-state index in [0.29, 0.717) is 0 Å². The van der Waals surface area contributed by atoms with Gasteiger partial charge in [0.2, 0.25) is 0 Å². The van der Waals surface area contributed by atoms with E-state index in [1.54, 1.807) is 0 Å². The largest absolute Gasteiger partial charge is 0.480 e. The summed E-state index contributed by atoms with van der Waals surface area (Å²) in [5.74, 6) is 0. The van der Waals surface area contributed by atoms with E-state index < -0.39 is 31.1 Å². The van der Waals surface area contributed by atoms with E-state index in [0.717, 1.165) is 10.7 Å². The van der Waals surface area contributed by atoms with Crippen LogP contribution in [0.5, 0.6) is 0 Å². The molecule has 8 nitrogen and oxygen atoms in total. The fourth-order valence-electron chi connectivity index (χ4n) is 2.36. The number of hydrogen-bond donors (Lipinski definition) is 0. The predicted octanol–water partition coefficient (Wildman–Crippen LogP) is 4.01. The Hall–Kier alpha value is -2.20. The van der Waals surface area contributed by atoms with Crippen LogP contribution in [0.25, 0.3) is 15.4 Å². The molecule has 0 aliphatic carbocycles. The highest BCUT2D eigenvalue weighted by molar-refractivity contribution is 8.13. The topological polar surface area (TPSA) is 104 Å². The van der Waals surface area contributed by atoms with E-state index in [2.05, 4.69) is 47.3 Å². The van der Waals surface area contributed by atoms with Crippen LogP contribution in [0, 0.1) is 0 Å². The molecule has 0 atom stereocenters. The van der Waals surface area contributed by atoms with Crippen molar-refractivity contribution in [3.63, 3.8) is 0 Å². The van der Waals surface area contributed by atoms with Gasteiger partial charge >= 0.3 is 11.0 Å². The van der Waals surface area contributed by atoms with Gasteiger partial charge in [-0.15, -0.1) is 9.36 Å². The quantitative estimate of drug-likeness (QED) is 0.295. The molecule has 1 aromatic heterocycles. The van der Waals surface area contributed by atoms with Crippen LogP contribution in [0.4, 0.5) is 26.3 Å². The summed E-state index contributed by atoms with van der Waals surface area (Å²) in [4.78, 5) is 0. The molecule has 0 radical (unpaired) electrons. The number of aromatic nitrogens is 3. The number of sulfonamides is 2. The summed E-state index contributed by atoms with van der Waals surface area (Å²) in [7, 11) is -11.4. The molecule has 2 rings (SSSR count). The molecule has 1 aromatic carbocycles. The molecule has 0 N–H and O–H groups in total. The maximum absolute atomic E-state index is 11.4. The Morgan fingerprint density at radius 3 is 1.88 bits per heavy atom. The van der Waals surface area contributed by atoms with Crippen molar-refractivity contribution in [1.29, 1.82) is 0 Å². The Morgan fingerprint density at radius 1 is 0.909 bits per heavy atom. The lowest BCUT2D eigenvalue weighted by Gasteiger charge is -2.22. The molecule has 0 bridgehead atoms. The van der Waals surface area contributed by atoms with Crippen LogP contribution in [0.2, 0.25) is 0 Å². The number of halogens is 6. The minimum absolute atomic E-state index is 0.778. The summed E-state index contributed by atoms with van der Waals surface area (Å²) in [5, 5.41) is 4.52. The molecule has 0 saturated heterocycles. The Bertz CT molecular complexity index is 1060. The fraction of sp³-hybridized carbons (Fsp3) is 0.529. The molecule has 1 heterocycles. The van der Waals surface area contributed by atoms with Gasteiger partial charge in [-0.2, -0.15) is 26.3 Å². The van der Waals surface area contributed by atoms with Crippen molar-refractivity contribution >= 4 is 20.0 Å². The summed E-state index contributed by atoms with van der Waals surface area (Å²) in [6, 6.07) is 10.4. The Kier molecular flexibility index (Phi) is 9.86. The lowest BCUT2D eigenvalue weighted by Crippen LogP contribution is -2.35. The van der Waals surface area contributed by atoms with Crippen molar-refractivity contribution in [3.05, 3.63) is 40.7 Å². The normalized spacial score (nSPS) is 12.8. The average Bonchev–Trinajstić information content (AvgIpc) is 3.04. The van der Waals surface area contributed by atoms with Gasteiger partial charge in [0, 0.05) is 5.56 Å². The lowest BCUT2D eigenvalue weighted by atomic mass is 10.2. The second kappa shape index (κ2) is 11.3. The Balaban J connectivity index is 0.000000337. The number of benzene rings is 1. The number of hydrogen-bond acceptors (Lipinski definition) is 5. The minimum atomic E-state index is -6.72. The maximum Gasteiger partial charge on any atom is 0.480 e. The average molecular weight is 525 g/mol. The first-order valence-corrected chi connectivity index (χ1v) is 12.3. The van der Waals surface area contributed by atoms with Crippen molar-refractivity contribution in [2.24, 2.45) is 7.05 Å². The number of alkyl halides is 6. The molecule has 188 valence electrons. The molecule has 33 heavy (non-hydrogen) atoms. The smallest absolute Gasteiger partial charge is 0.421 e. The van der Waals surface area contributed by atoms with Gasteiger partial charge in [-0.1, -0.05) is 50.1 Å². The standard InChI is InChI=1S/C15H22N3.C2F6NO4S2/c1-3-4-5-9-12-18-13-15(17(2)16-18)14-10-7-6-8-11-14;3-1(4,5)14(10,11)9-15(12,13)2(6,7)8/h6-8,10-11,13H,3-5,9,12H2,1-2H3;/q+1;-1. The van der Waals surface area contributed by atoms with Gasteiger partial charge in [0.1, 0.15) is 13.6 Å². The van der Waals surface area contributed by atoms with Crippen molar-refractivity contribution in [1.82, 2.24) is 9.90 Å². The zero-order valence-corrected chi connectivity index (χ0v) is 19.1. The van der Waals surface area contributed by atoms with Crippen LogP contribution in [0.15, 0.2) is 36.5 Å². The van der Waals surface area contributed by atoms with Crippen LogP contribution < -0.4 is 4.68 Å². The van der Waals surface area contributed by atoms with Gasteiger partial charge in [0.15, 0.2) is 31.9 Å². The van der Waals surface area contributed by atoms with Gasteiger partial charge in [-0.25, -0.2) is 16.8 Å². The SMILES string of the molecule is CCCCCC[n+]1cc(-c2ccccc2)n(C)n1.O=S(=O)([N-]S(=O)(=O)C(F)(F)F)C(F)(F)F. The first-order valence-electron chi connectivity index (χ1n) is 9.38. The third kappa shape index (κ3) is 8.58. The monoisotopic (exact) mass is 524 g/mol. The maximum atomic E-state index is 11.4. The second-order valence-electron chi connectivity index (χ2n) is 6.63. The van der Waals surface area contributed by atoms with E-state index in [9.17, 15) is 43.2 Å². The molecule has 0 aliphatic rings. The van der Waals surface area contributed by atoms with Crippen LogP contribution >= 0.6 is 0 Å². The number of rotatable bonds is 8. The summed E-state index contributed by atoms with van der Waals surface area (Å²) in [6.07, 6.45) is 7.24. The van der Waals surface area contributed by atoms with E-state index in [-0.39, 0.29) is 0 Å². The fourth-order valence-corrected chi connectivity index (χ4v) is 4.07. The van der Waals surface area contributed by atoms with E-state index in [4.69, 9.17) is 0 Å². The van der Waals surface area contributed by atoms with Crippen LogP contribution in [0.1, 0.15) is 32.6 Å². The van der Waals surface area contributed by atoms with E-state index in [1.165, 1.54) is 36.9 Å². The third-order valence-corrected chi connectivity index (χ3v) is 6.70. The molecule has 0 fully saturated rings. The number of aryl methyl sites for hydroxylation is 2. The molecular weight excluding hydrogens is 502 g/mol. The van der Waals surface area contributed by atoms with Crippen molar-refractivity contribution in [2.75, 3.05) is 0 Å². The first-order chi connectivity index (χ1) is 15.0. The van der Waals surface area contributed by atoms with Crippen LogP contribution in [0.3, 0.4) is 0 Å². The molecule has 16 heteroatoms. The molecule has 2 aromatic rings. The van der Waals surface area contributed by atoms with Gasteiger partial charge < -0.3 is 4.13 Å². The van der Waals surface area contributed by atoms with Gasteiger partial charge in [-0.3, -0.25) is 0 Å². The molecular formula is C17H22F6N4O4S2. The number of nitrogens with zero attached hydrogens (tertiary/aromatic N) is 4. The highest BCUT2D eigenvalue weighted by atomic mass is 32.3. The van der Waals surface area contributed by atoms with Gasteiger partial charge in [0.05, 0.1) is 5.21 Å². The molecule has 0 aliphatic heterocycles. The zero-order chi connectivity index (χ0) is 25.5. The Labute approximate surface area is 187 Å². The van der Waals surface area contributed by atoms with E-state index in [1.807, 2.05) is 17.8 Å². The molecule has 0 spiro atoms. The molecule has 0 unspecified atom stereocenters. The summed E-state index contributed by atoms with van der Waals surface area (Å²) in [6.45, 7) is 3.25. The van der Waals surface area contributed by atoms with Crippen LogP contribution in [-0.4, -0.2) is 37.7 Å². The van der Waals surface area contributed by atoms with Crippen molar-refractivity contribution < 1.29 is 47.9 Å². The highest BCUT2D eigenvalue weighted by Gasteiger charge is 2.46. The summed E-state index contributed by atoms with van der Waals surface area (Å²) < 4.78 is 113. The first kappa shape index (κ1) is 28.8. The second-order valence-corrected chi connectivity index (χ2v) is 10.1. The summed E-state index contributed by atoms with van der Waals surface area (Å²) >= 11 is 0. The molecule has 0 saturated carbocycles. The molecule has 0 amide bonds. The van der Waals surface area contributed by atoms with E-state index >= 15 is 0 Å². The van der Waals surface area contributed by atoms with Crippen molar-refractivity contribution in [2.45, 2.75) is 50.2 Å². The highest BCUT2D eigenvalue weighted by Crippen LogP contribution is 2.36. The predicted molar refractivity (Wildman–Crippen MR) is 106 cm³/mol. The minimum Gasteiger partial charge on any atom is -0.421 e. The van der Waals surface area contributed by atoms with Crippen LogP contribution in [-0.2, 0) is 33.6 Å². The Morgan fingerprint density at radius 2 is 1.42 bits per heavy atom. The number of unbranched alkanes of at least 4 members (excludes halogenated alkanes) is 3. The summed E-state index contributed by atoms with van der Waals surface area (Å²) in [5.41, 5.74) is -10.0. The zero-order valence-electron chi connectivity index (χ0n) is 17.5. The van der Waals surface area contributed by atoms with Gasteiger partial charge in [-0.05, 0) is 12.8 Å². The van der Waals surface area contributed by atoms with Crippen molar-refractivity contribution in [3.8, 4) is 11.3 Å². The lowest BCUT2D eigenvalue weighted by molar-refractivity contribution is -0.755. The third-order valence-electron chi connectivity index (χ3n) is 3.96.